The number of aliphatic hydroxyl groups excluding tert-OH is 1. The third kappa shape index (κ3) is 2.49. The first-order chi connectivity index (χ1) is 9.08. The molecule has 6 nitrogen and oxygen atoms in total. The first kappa shape index (κ1) is 13.6. The Bertz CT molecular complexity index is 502. The van der Waals surface area contributed by atoms with Crippen LogP contribution in [0.25, 0.3) is 0 Å². The molecule has 1 aromatic heterocycles. The van der Waals surface area contributed by atoms with Gasteiger partial charge in [-0.2, -0.15) is 0 Å². The lowest BCUT2D eigenvalue weighted by atomic mass is 10.1. The Morgan fingerprint density at radius 2 is 2.32 bits per heavy atom. The summed E-state index contributed by atoms with van der Waals surface area (Å²) in [6, 6.07) is 2.01. The number of aliphatic hydroxyl groups is 1. The molecule has 2 heterocycles. The number of hydrogen-bond acceptors (Lipinski definition) is 5. The van der Waals surface area contributed by atoms with Gasteiger partial charge < -0.3 is 20.9 Å². The van der Waals surface area contributed by atoms with Crippen LogP contribution in [-0.2, 0) is 0 Å². The Labute approximate surface area is 112 Å². The van der Waals surface area contributed by atoms with Crippen molar-refractivity contribution in [2.75, 3.05) is 18.1 Å². The van der Waals surface area contributed by atoms with Gasteiger partial charge in [0.15, 0.2) is 5.84 Å². The van der Waals surface area contributed by atoms with Crippen LogP contribution in [0.5, 0.6) is 0 Å². The van der Waals surface area contributed by atoms with E-state index in [2.05, 4.69) is 15.0 Å². The van der Waals surface area contributed by atoms with Gasteiger partial charge in [-0.1, -0.05) is 5.16 Å². The SMILES string of the molecule is Cc1cc(N2CCCC2CO)c(/C(N)=N/O)c(C)n1. The Morgan fingerprint density at radius 1 is 1.58 bits per heavy atom. The van der Waals surface area contributed by atoms with Crippen molar-refractivity contribution < 1.29 is 10.3 Å². The zero-order chi connectivity index (χ0) is 14.0. The van der Waals surface area contributed by atoms with Gasteiger partial charge in [0.05, 0.1) is 29.6 Å². The van der Waals surface area contributed by atoms with Crippen LogP contribution < -0.4 is 10.6 Å². The number of aryl methyl sites for hydroxylation is 2. The molecule has 0 aromatic carbocycles. The molecule has 4 N–H and O–H groups in total. The molecule has 6 heteroatoms. The van der Waals surface area contributed by atoms with Gasteiger partial charge in [-0.05, 0) is 32.8 Å². The van der Waals surface area contributed by atoms with E-state index in [1.165, 1.54) is 0 Å². The fourth-order valence-electron chi connectivity index (χ4n) is 2.74. The topological polar surface area (TPSA) is 95.0 Å². The molecule has 1 saturated heterocycles. The predicted octanol–water partition coefficient (Wildman–Crippen LogP) is 0.754. The average Bonchev–Trinajstić information content (AvgIpc) is 2.85. The van der Waals surface area contributed by atoms with Gasteiger partial charge in [-0.25, -0.2) is 0 Å². The van der Waals surface area contributed by atoms with Crippen molar-refractivity contribution in [2.24, 2.45) is 10.9 Å². The molecule has 1 fully saturated rings. The maximum atomic E-state index is 9.45. The number of nitrogens with two attached hydrogens (primary N) is 1. The third-order valence-corrected chi connectivity index (χ3v) is 3.57. The zero-order valence-electron chi connectivity index (χ0n) is 11.3. The molecule has 1 aliphatic rings. The van der Waals surface area contributed by atoms with Gasteiger partial charge in [-0.15, -0.1) is 0 Å². The van der Waals surface area contributed by atoms with Crippen molar-refractivity contribution >= 4 is 11.5 Å². The van der Waals surface area contributed by atoms with Crippen molar-refractivity contribution in [3.63, 3.8) is 0 Å². The summed E-state index contributed by atoms with van der Waals surface area (Å²) in [4.78, 5) is 6.48. The highest BCUT2D eigenvalue weighted by atomic mass is 16.4. The number of hydrogen-bond donors (Lipinski definition) is 3. The maximum absolute atomic E-state index is 9.45. The lowest BCUT2D eigenvalue weighted by molar-refractivity contribution is 0.266. The molecule has 1 aromatic rings. The van der Waals surface area contributed by atoms with Crippen LogP contribution in [0.15, 0.2) is 11.2 Å². The van der Waals surface area contributed by atoms with E-state index < -0.39 is 0 Å². The van der Waals surface area contributed by atoms with Gasteiger partial charge >= 0.3 is 0 Å². The number of aromatic nitrogens is 1. The molecular weight excluding hydrogens is 244 g/mol. The van der Waals surface area contributed by atoms with Crippen LogP contribution in [0.1, 0.15) is 29.8 Å². The van der Waals surface area contributed by atoms with Crippen LogP contribution >= 0.6 is 0 Å². The molecule has 0 aliphatic carbocycles. The zero-order valence-corrected chi connectivity index (χ0v) is 11.3. The molecule has 1 aliphatic heterocycles. The van der Waals surface area contributed by atoms with Crippen molar-refractivity contribution in [1.29, 1.82) is 0 Å². The van der Waals surface area contributed by atoms with Crippen LogP contribution in [0.2, 0.25) is 0 Å². The minimum atomic E-state index is 0.0589. The molecule has 0 bridgehead atoms. The normalized spacial score (nSPS) is 20.1. The molecule has 104 valence electrons. The lowest BCUT2D eigenvalue weighted by Crippen LogP contribution is -2.34. The number of anilines is 1. The Kier molecular flexibility index (Phi) is 3.90. The molecule has 1 atom stereocenters. The second-order valence-electron chi connectivity index (χ2n) is 4.90. The van der Waals surface area contributed by atoms with Gasteiger partial charge in [0.25, 0.3) is 0 Å². The molecule has 0 amide bonds. The Hall–Kier alpha value is -1.82. The highest BCUT2D eigenvalue weighted by molar-refractivity contribution is 6.03. The molecule has 0 saturated carbocycles. The van der Waals surface area contributed by atoms with Gasteiger partial charge in [0, 0.05) is 12.2 Å². The van der Waals surface area contributed by atoms with Gasteiger partial charge in [0.2, 0.25) is 0 Å². The second kappa shape index (κ2) is 5.44. The maximum Gasteiger partial charge on any atom is 0.174 e. The van der Waals surface area contributed by atoms with Crippen LogP contribution in [0.3, 0.4) is 0 Å². The fraction of sp³-hybridized carbons (Fsp3) is 0.538. The van der Waals surface area contributed by atoms with E-state index in [1.54, 1.807) is 0 Å². The largest absolute Gasteiger partial charge is 0.409 e. The molecule has 2 rings (SSSR count). The number of nitrogens with zero attached hydrogens (tertiary/aromatic N) is 3. The number of amidine groups is 1. The highest BCUT2D eigenvalue weighted by Gasteiger charge is 2.27. The van der Waals surface area contributed by atoms with E-state index in [9.17, 15) is 5.11 Å². The number of rotatable bonds is 3. The van der Waals surface area contributed by atoms with Crippen LogP contribution in [0, 0.1) is 13.8 Å². The fourth-order valence-corrected chi connectivity index (χ4v) is 2.74. The van der Waals surface area contributed by atoms with E-state index in [0.29, 0.717) is 5.56 Å². The Morgan fingerprint density at radius 3 is 2.95 bits per heavy atom. The monoisotopic (exact) mass is 264 g/mol. The second-order valence-corrected chi connectivity index (χ2v) is 4.90. The summed E-state index contributed by atoms with van der Waals surface area (Å²) in [5.74, 6) is 0.0589. The van der Waals surface area contributed by atoms with Gasteiger partial charge in [-0.3, -0.25) is 4.98 Å². The first-order valence-corrected chi connectivity index (χ1v) is 6.42. The standard InChI is InChI=1S/C13H20N4O2/c1-8-6-11(17-5-3-4-10(17)7-18)12(9(2)15-8)13(14)16-19/h6,10,18-19H,3-5,7H2,1-2H3,(H2,14,16). The van der Waals surface area contributed by atoms with Gasteiger partial charge in [0.1, 0.15) is 0 Å². The smallest absolute Gasteiger partial charge is 0.174 e. The quantitative estimate of drug-likeness (QED) is 0.324. The predicted molar refractivity (Wildman–Crippen MR) is 73.7 cm³/mol. The van der Waals surface area contributed by atoms with Crippen molar-refractivity contribution in [1.82, 2.24) is 4.98 Å². The van der Waals surface area contributed by atoms with Crippen molar-refractivity contribution in [3.05, 3.63) is 23.0 Å². The highest BCUT2D eigenvalue weighted by Crippen LogP contribution is 2.30. The Balaban J connectivity index is 2.54. The van der Waals surface area contributed by atoms with E-state index in [1.807, 2.05) is 19.9 Å². The van der Waals surface area contributed by atoms with Crippen molar-refractivity contribution in [3.8, 4) is 0 Å². The minimum Gasteiger partial charge on any atom is -0.409 e. The summed E-state index contributed by atoms with van der Waals surface area (Å²) in [6.45, 7) is 4.72. The summed E-state index contributed by atoms with van der Waals surface area (Å²) >= 11 is 0. The summed E-state index contributed by atoms with van der Waals surface area (Å²) < 4.78 is 0. The average molecular weight is 264 g/mol. The first-order valence-electron chi connectivity index (χ1n) is 6.42. The molecule has 0 radical (unpaired) electrons. The lowest BCUT2D eigenvalue weighted by Gasteiger charge is -2.28. The van der Waals surface area contributed by atoms with Crippen molar-refractivity contribution in [2.45, 2.75) is 32.7 Å². The summed E-state index contributed by atoms with van der Waals surface area (Å²) in [7, 11) is 0. The number of pyridine rings is 1. The van der Waals surface area contributed by atoms with E-state index in [0.717, 1.165) is 36.5 Å². The van der Waals surface area contributed by atoms with E-state index in [4.69, 9.17) is 10.9 Å². The summed E-state index contributed by atoms with van der Waals surface area (Å²) in [5.41, 5.74) is 8.91. The van der Waals surface area contributed by atoms with E-state index in [-0.39, 0.29) is 18.5 Å². The molecule has 19 heavy (non-hydrogen) atoms. The summed E-state index contributed by atoms with van der Waals surface area (Å²) in [6.07, 6.45) is 1.98. The molecular formula is C13H20N4O2. The van der Waals surface area contributed by atoms with E-state index >= 15 is 0 Å². The molecule has 0 spiro atoms. The molecule has 1 unspecified atom stereocenters. The number of oxime groups is 1. The third-order valence-electron chi connectivity index (χ3n) is 3.57. The van der Waals surface area contributed by atoms with Crippen LogP contribution in [-0.4, -0.2) is 40.3 Å². The summed E-state index contributed by atoms with van der Waals surface area (Å²) in [5, 5.41) is 21.5. The minimum absolute atomic E-state index is 0.0589. The van der Waals surface area contributed by atoms with Crippen LogP contribution in [0.4, 0.5) is 5.69 Å².